The second-order valence-electron chi connectivity index (χ2n) is 5.67. The van der Waals surface area contributed by atoms with Crippen molar-refractivity contribution in [2.45, 2.75) is 19.3 Å². The van der Waals surface area contributed by atoms with Gasteiger partial charge in [-0.15, -0.1) is 0 Å². The third-order valence-corrected chi connectivity index (χ3v) is 4.49. The molecule has 0 unspecified atom stereocenters. The van der Waals surface area contributed by atoms with Gasteiger partial charge in [-0.25, -0.2) is 0 Å². The van der Waals surface area contributed by atoms with Gasteiger partial charge < -0.3 is 20.3 Å². The lowest BCUT2D eigenvalue weighted by Crippen LogP contribution is -2.53. The van der Waals surface area contributed by atoms with Crippen LogP contribution in [-0.4, -0.2) is 68.1 Å². The standard InChI is InChI=1S/C14H25N3O3/c1-20-10-13(18)16-5-7-17(8-6-16)14(19)12-4-2-3-11(12)9-15/h11-12H,2-10,15H2,1H3/t11-,12-/m1/s1. The van der Waals surface area contributed by atoms with Gasteiger partial charge in [0.1, 0.15) is 6.61 Å². The predicted octanol–water partition coefficient (Wildman–Crippen LogP) is -0.321. The fourth-order valence-electron chi connectivity index (χ4n) is 3.27. The first-order valence-corrected chi connectivity index (χ1v) is 7.43. The summed E-state index contributed by atoms with van der Waals surface area (Å²) >= 11 is 0. The summed E-state index contributed by atoms with van der Waals surface area (Å²) in [6, 6.07) is 0. The van der Waals surface area contributed by atoms with E-state index >= 15 is 0 Å². The second-order valence-corrected chi connectivity index (χ2v) is 5.67. The molecule has 0 aromatic carbocycles. The quantitative estimate of drug-likeness (QED) is 0.767. The van der Waals surface area contributed by atoms with Crippen molar-refractivity contribution in [3.63, 3.8) is 0 Å². The highest BCUT2D eigenvalue weighted by atomic mass is 16.5. The SMILES string of the molecule is COCC(=O)N1CCN(C(=O)[C@@H]2CCC[C@@H]2CN)CC1. The number of rotatable bonds is 4. The van der Waals surface area contributed by atoms with Crippen molar-refractivity contribution in [2.24, 2.45) is 17.6 Å². The first-order chi connectivity index (χ1) is 9.67. The van der Waals surface area contributed by atoms with Gasteiger partial charge in [0.2, 0.25) is 11.8 Å². The highest BCUT2D eigenvalue weighted by Gasteiger charge is 2.35. The van der Waals surface area contributed by atoms with Crippen LogP contribution in [0.2, 0.25) is 0 Å². The fourth-order valence-corrected chi connectivity index (χ4v) is 3.27. The van der Waals surface area contributed by atoms with E-state index in [1.807, 2.05) is 4.90 Å². The summed E-state index contributed by atoms with van der Waals surface area (Å²) in [6.07, 6.45) is 3.13. The molecular weight excluding hydrogens is 258 g/mol. The fraction of sp³-hybridized carbons (Fsp3) is 0.857. The molecule has 2 N–H and O–H groups in total. The molecule has 0 spiro atoms. The molecule has 2 aliphatic rings. The van der Waals surface area contributed by atoms with E-state index < -0.39 is 0 Å². The molecule has 20 heavy (non-hydrogen) atoms. The molecule has 2 atom stereocenters. The first kappa shape index (κ1) is 15.3. The minimum atomic E-state index is 0.000278. The zero-order valence-corrected chi connectivity index (χ0v) is 12.2. The van der Waals surface area contributed by atoms with Gasteiger partial charge in [-0.3, -0.25) is 9.59 Å². The van der Waals surface area contributed by atoms with E-state index in [1.165, 1.54) is 7.11 Å². The number of hydrogen-bond acceptors (Lipinski definition) is 4. The molecule has 2 amide bonds. The van der Waals surface area contributed by atoms with Gasteiger partial charge in [-0.1, -0.05) is 6.42 Å². The average molecular weight is 283 g/mol. The number of piperazine rings is 1. The Bertz CT molecular complexity index is 354. The molecule has 0 radical (unpaired) electrons. The van der Waals surface area contributed by atoms with E-state index in [1.54, 1.807) is 4.90 Å². The molecule has 1 aliphatic heterocycles. The summed E-state index contributed by atoms with van der Waals surface area (Å²) < 4.78 is 4.86. The summed E-state index contributed by atoms with van der Waals surface area (Å²) in [7, 11) is 1.52. The number of nitrogens with two attached hydrogens (primary N) is 1. The Morgan fingerprint density at radius 2 is 1.80 bits per heavy atom. The minimum Gasteiger partial charge on any atom is -0.375 e. The summed E-state index contributed by atoms with van der Waals surface area (Å²) in [5, 5.41) is 0. The zero-order valence-electron chi connectivity index (χ0n) is 12.2. The van der Waals surface area contributed by atoms with Crippen molar-refractivity contribution in [3.05, 3.63) is 0 Å². The maximum atomic E-state index is 12.5. The lowest BCUT2D eigenvalue weighted by atomic mass is 9.94. The smallest absolute Gasteiger partial charge is 0.248 e. The van der Waals surface area contributed by atoms with Crippen molar-refractivity contribution in [3.8, 4) is 0 Å². The van der Waals surface area contributed by atoms with Gasteiger partial charge in [-0.05, 0) is 25.3 Å². The molecule has 0 aromatic heterocycles. The largest absolute Gasteiger partial charge is 0.375 e. The van der Waals surface area contributed by atoms with Gasteiger partial charge in [0.15, 0.2) is 0 Å². The predicted molar refractivity (Wildman–Crippen MR) is 74.9 cm³/mol. The molecule has 0 bridgehead atoms. The second kappa shape index (κ2) is 7.04. The van der Waals surface area contributed by atoms with Gasteiger partial charge in [0, 0.05) is 39.2 Å². The molecule has 2 rings (SSSR count). The number of methoxy groups -OCH3 is 1. The van der Waals surface area contributed by atoms with Crippen molar-refractivity contribution in [2.75, 3.05) is 46.4 Å². The highest BCUT2D eigenvalue weighted by molar-refractivity contribution is 5.81. The van der Waals surface area contributed by atoms with Crippen LogP contribution < -0.4 is 5.73 Å². The lowest BCUT2D eigenvalue weighted by Gasteiger charge is -2.36. The van der Waals surface area contributed by atoms with Crippen LogP contribution in [0.25, 0.3) is 0 Å². The monoisotopic (exact) mass is 283 g/mol. The third-order valence-electron chi connectivity index (χ3n) is 4.49. The Morgan fingerprint density at radius 3 is 2.40 bits per heavy atom. The molecule has 1 saturated carbocycles. The molecule has 6 heteroatoms. The number of hydrogen-bond donors (Lipinski definition) is 1. The normalized spacial score (nSPS) is 26.9. The maximum Gasteiger partial charge on any atom is 0.248 e. The van der Waals surface area contributed by atoms with Crippen molar-refractivity contribution in [1.82, 2.24) is 9.80 Å². The van der Waals surface area contributed by atoms with Crippen LogP contribution >= 0.6 is 0 Å². The molecule has 1 heterocycles. The zero-order chi connectivity index (χ0) is 14.5. The van der Waals surface area contributed by atoms with Gasteiger partial charge in [0.25, 0.3) is 0 Å². The van der Waals surface area contributed by atoms with E-state index in [2.05, 4.69) is 0 Å². The Hall–Kier alpha value is -1.14. The molecule has 1 saturated heterocycles. The van der Waals surface area contributed by atoms with Crippen LogP contribution in [0.1, 0.15) is 19.3 Å². The topological polar surface area (TPSA) is 75.9 Å². The number of amides is 2. The van der Waals surface area contributed by atoms with Gasteiger partial charge in [0.05, 0.1) is 0 Å². The molecule has 114 valence electrons. The average Bonchev–Trinajstić information content (AvgIpc) is 2.95. The highest BCUT2D eigenvalue weighted by Crippen LogP contribution is 2.32. The number of carbonyl (C=O) groups is 2. The first-order valence-electron chi connectivity index (χ1n) is 7.43. The minimum absolute atomic E-state index is 0.000278. The number of ether oxygens (including phenoxy) is 1. The molecule has 0 aromatic rings. The van der Waals surface area contributed by atoms with Crippen LogP contribution in [0, 0.1) is 11.8 Å². The Kier molecular flexibility index (Phi) is 5.37. The van der Waals surface area contributed by atoms with E-state index in [0.29, 0.717) is 38.6 Å². The summed E-state index contributed by atoms with van der Waals surface area (Å²) in [4.78, 5) is 27.9. The van der Waals surface area contributed by atoms with Gasteiger partial charge in [-0.2, -0.15) is 0 Å². The van der Waals surface area contributed by atoms with E-state index in [4.69, 9.17) is 10.5 Å². The van der Waals surface area contributed by atoms with E-state index in [9.17, 15) is 9.59 Å². The van der Waals surface area contributed by atoms with Crippen LogP contribution in [0.5, 0.6) is 0 Å². The maximum absolute atomic E-state index is 12.5. The van der Waals surface area contributed by atoms with Crippen molar-refractivity contribution in [1.29, 1.82) is 0 Å². The van der Waals surface area contributed by atoms with Crippen LogP contribution in [0.15, 0.2) is 0 Å². The molecule has 2 fully saturated rings. The molecular formula is C14H25N3O3. The van der Waals surface area contributed by atoms with Crippen LogP contribution in [0.4, 0.5) is 0 Å². The van der Waals surface area contributed by atoms with E-state index in [0.717, 1.165) is 19.3 Å². The van der Waals surface area contributed by atoms with Gasteiger partial charge >= 0.3 is 0 Å². The van der Waals surface area contributed by atoms with Crippen LogP contribution in [-0.2, 0) is 14.3 Å². The summed E-state index contributed by atoms with van der Waals surface area (Å²) in [6.45, 7) is 3.18. The number of carbonyl (C=O) groups excluding carboxylic acids is 2. The molecule has 1 aliphatic carbocycles. The third kappa shape index (κ3) is 3.30. The van der Waals surface area contributed by atoms with Crippen molar-refractivity contribution < 1.29 is 14.3 Å². The van der Waals surface area contributed by atoms with E-state index in [-0.39, 0.29) is 24.3 Å². The number of nitrogens with zero attached hydrogens (tertiary/aromatic N) is 2. The Balaban J connectivity index is 1.84. The summed E-state index contributed by atoms with van der Waals surface area (Å²) in [5.41, 5.74) is 5.75. The van der Waals surface area contributed by atoms with Crippen LogP contribution in [0.3, 0.4) is 0 Å². The Labute approximate surface area is 120 Å². The summed E-state index contributed by atoms with van der Waals surface area (Å²) in [5.74, 6) is 0.675. The Morgan fingerprint density at radius 1 is 1.15 bits per heavy atom. The van der Waals surface area contributed by atoms with Crippen molar-refractivity contribution >= 4 is 11.8 Å². The lowest BCUT2D eigenvalue weighted by molar-refractivity contribution is -0.144. The molecule has 6 nitrogen and oxygen atoms in total.